The number of nitriles is 1. The number of rotatable bonds is 9. The second kappa shape index (κ2) is 10.2. The minimum absolute atomic E-state index is 0.0143. The first-order chi connectivity index (χ1) is 13.6. The number of hydrogen-bond acceptors (Lipinski definition) is 5. The number of benzene rings is 2. The van der Waals surface area contributed by atoms with Crippen molar-refractivity contribution in [1.29, 1.82) is 5.26 Å². The van der Waals surface area contributed by atoms with Crippen molar-refractivity contribution in [2.75, 3.05) is 27.9 Å². The molecule has 148 valence electrons. The fourth-order valence-corrected chi connectivity index (χ4v) is 2.99. The van der Waals surface area contributed by atoms with Gasteiger partial charge in [-0.25, -0.2) is 0 Å². The van der Waals surface area contributed by atoms with Crippen LogP contribution in [0.15, 0.2) is 36.4 Å². The highest BCUT2D eigenvalue weighted by Crippen LogP contribution is 2.38. The summed E-state index contributed by atoms with van der Waals surface area (Å²) in [7, 11) is 4.65. The number of amides is 1. The lowest BCUT2D eigenvalue weighted by atomic mass is 10.1. The van der Waals surface area contributed by atoms with Gasteiger partial charge < -0.3 is 19.1 Å². The van der Waals surface area contributed by atoms with Gasteiger partial charge in [0.05, 0.1) is 39.4 Å². The number of carbonyl (C=O) groups excluding carboxylic acids is 1. The van der Waals surface area contributed by atoms with Crippen molar-refractivity contribution in [3.63, 3.8) is 0 Å². The van der Waals surface area contributed by atoms with Crippen LogP contribution in [-0.2, 0) is 17.8 Å². The van der Waals surface area contributed by atoms with Crippen LogP contribution >= 0.6 is 0 Å². The summed E-state index contributed by atoms with van der Waals surface area (Å²) in [5, 5.41) is 8.93. The van der Waals surface area contributed by atoms with Gasteiger partial charge in [-0.05, 0) is 41.8 Å². The smallest absolute Gasteiger partial charge is 0.227 e. The molecule has 2 aromatic carbocycles. The normalized spacial score (nSPS) is 10.1. The number of ether oxygens (including phenoxy) is 3. The van der Waals surface area contributed by atoms with Crippen LogP contribution in [0.25, 0.3) is 0 Å². The molecular formula is C22H26N2O4. The summed E-state index contributed by atoms with van der Waals surface area (Å²) in [6.07, 6.45) is 1.09. The molecule has 0 unspecified atom stereocenters. The predicted octanol–water partition coefficient (Wildman–Crippen LogP) is 3.57. The monoisotopic (exact) mass is 382 g/mol. The Hall–Kier alpha value is -3.20. The van der Waals surface area contributed by atoms with E-state index >= 15 is 0 Å². The molecule has 0 spiro atoms. The molecule has 0 fully saturated rings. The minimum Gasteiger partial charge on any atom is -0.493 e. The van der Waals surface area contributed by atoms with E-state index < -0.39 is 0 Å². The molecule has 1 amide bonds. The largest absolute Gasteiger partial charge is 0.493 e. The topological polar surface area (TPSA) is 71.8 Å². The van der Waals surface area contributed by atoms with Crippen molar-refractivity contribution in [2.45, 2.75) is 26.3 Å². The Morgan fingerprint density at radius 2 is 1.61 bits per heavy atom. The molecule has 0 bridgehead atoms. The highest BCUT2D eigenvalue weighted by atomic mass is 16.5. The maximum Gasteiger partial charge on any atom is 0.227 e. The summed E-state index contributed by atoms with van der Waals surface area (Å²) >= 11 is 0. The molecule has 0 aliphatic heterocycles. The van der Waals surface area contributed by atoms with Gasteiger partial charge in [0.25, 0.3) is 0 Å². The Balaban J connectivity index is 2.20. The van der Waals surface area contributed by atoms with Gasteiger partial charge in [-0.2, -0.15) is 5.26 Å². The molecule has 0 atom stereocenters. The molecule has 2 aromatic rings. The van der Waals surface area contributed by atoms with E-state index in [1.165, 1.54) is 0 Å². The third-order valence-corrected chi connectivity index (χ3v) is 4.38. The lowest BCUT2D eigenvalue weighted by Gasteiger charge is -2.23. The zero-order chi connectivity index (χ0) is 20.5. The molecule has 0 saturated heterocycles. The van der Waals surface area contributed by atoms with E-state index in [-0.39, 0.29) is 12.3 Å². The van der Waals surface area contributed by atoms with Crippen molar-refractivity contribution in [3.05, 3.63) is 53.1 Å². The first-order valence-corrected chi connectivity index (χ1v) is 9.11. The van der Waals surface area contributed by atoms with E-state index in [9.17, 15) is 4.79 Å². The van der Waals surface area contributed by atoms with Gasteiger partial charge >= 0.3 is 0 Å². The van der Waals surface area contributed by atoms with Crippen LogP contribution < -0.4 is 14.2 Å². The maximum atomic E-state index is 12.9. The van der Waals surface area contributed by atoms with Crippen LogP contribution in [0.3, 0.4) is 0 Å². The summed E-state index contributed by atoms with van der Waals surface area (Å²) in [4.78, 5) is 14.8. The van der Waals surface area contributed by atoms with Crippen LogP contribution in [0.1, 0.15) is 30.0 Å². The van der Waals surface area contributed by atoms with Gasteiger partial charge in [-0.1, -0.05) is 19.1 Å². The molecule has 2 rings (SSSR count). The van der Waals surface area contributed by atoms with Gasteiger partial charge in [0.1, 0.15) is 0 Å². The summed E-state index contributed by atoms with van der Waals surface area (Å²) in [6, 6.07) is 13.0. The fourth-order valence-electron chi connectivity index (χ4n) is 2.99. The molecule has 28 heavy (non-hydrogen) atoms. The molecule has 6 heteroatoms. The van der Waals surface area contributed by atoms with Crippen LogP contribution in [0.5, 0.6) is 17.2 Å². The van der Waals surface area contributed by atoms with E-state index in [1.54, 1.807) is 45.6 Å². The van der Waals surface area contributed by atoms with E-state index in [0.717, 1.165) is 17.5 Å². The summed E-state index contributed by atoms with van der Waals surface area (Å²) in [5.41, 5.74) is 2.39. The molecular weight excluding hydrogens is 356 g/mol. The lowest BCUT2D eigenvalue weighted by Crippen LogP contribution is -2.32. The quantitative estimate of drug-likeness (QED) is 0.663. The molecule has 0 N–H and O–H groups in total. The number of nitrogens with zero attached hydrogens (tertiary/aromatic N) is 2. The lowest BCUT2D eigenvalue weighted by molar-refractivity contribution is -0.131. The van der Waals surface area contributed by atoms with Crippen molar-refractivity contribution in [1.82, 2.24) is 4.90 Å². The molecule has 0 radical (unpaired) electrons. The molecule has 6 nitrogen and oxygen atoms in total. The summed E-state index contributed by atoms with van der Waals surface area (Å²) < 4.78 is 16.1. The van der Waals surface area contributed by atoms with Crippen molar-refractivity contribution in [3.8, 4) is 23.3 Å². The van der Waals surface area contributed by atoms with Crippen LogP contribution in [-0.4, -0.2) is 38.7 Å². The Labute approximate surface area is 166 Å². The Morgan fingerprint density at radius 1 is 1.00 bits per heavy atom. The Morgan fingerprint density at radius 3 is 2.07 bits per heavy atom. The summed E-state index contributed by atoms with van der Waals surface area (Å²) in [5.74, 6) is 1.57. The Bertz CT molecular complexity index is 816. The summed E-state index contributed by atoms with van der Waals surface area (Å²) in [6.45, 7) is 3.20. The first-order valence-electron chi connectivity index (χ1n) is 9.11. The van der Waals surface area contributed by atoms with Crippen LogP contribution in [0.2, 0.25) is 0 Å². The predicted molar refractivity (Wildman–Crippen MR) is 107 cm³/mol. The SMILES string of the molecule is CCCN(Cc1ccc(C#N)cc1)C(=O)Cc1cc(OC)c(OC)c(OC)c1. The van der Waals surface area contributed by atoms with Gasteiger partial charge in [-0.3, -0.25) is 4.79 Å². The molecule has 0 heterocycles. The molecule has 0 saturated carbocycles. The van der Waals surface area contributed by atoms with E-state index in [1.807, 2.05) is 24.0 Å². The molecule has 0 aliphatic rings. The highest BCUT2D eigenvalue weighted by Gasteiger charge is 2.18. The molecule has 0 aromatic heterocycles. The zero-order valence-electron chi connectivity index (χ0n) is 16.8. The van der Waals surface area contributed by atoms with Crippen molar-refractivity contribution >= 4 is 5.91 Å². The standard InChI is InChI=1S/C22H26N2O4/c1-5-10-24(15-17-8-6-16(14-23)7-9-17)21(25)13-18-11-19(26-2)22(28-4)20(12-18)27-3/h6-9,11-12H,5,10,13,15H2,1-4H3. The maximum absolute atomic E-state index is 12.9. The average Bonchev–Trinajstić information content (AvgIpc) is 2.73. The van der Waals surface area contributed by atoms with Crippen LogP contribution in [0.4, 0.5) is 0 Å². The third-order valence-electron chi connectivity index (χ3n) is 4.38. The van der Waals surface area contributed by atoms with Gasteiger partial charge in [0.15, 0.2) is 11.5 Å². The third kappa shape index (κ3) is 5.17. The molecule has 0 aliphatic carbocycles. The van der Waals surface area contributed by atoms with Crippen molar-refractivity contribution < 1.29 is 19.0 Å². The van der Waals surface area contributed by atoms with Crippen LogP contribution in [0, 0.1) is 11.3 Å². The van der Waals surface area contributed by atoms with Gasteiger partial charge in [0, 0.05) is 13.1 Å². The number of methoxy groups -OCH3 is 3. The Kier molecular flexibility index (Phi) is 7.70. The number of hydrogen-bond donors (Lipinski definition) is 0. The van der Waals surface area contributed by atoms with Gasteiger partial charge in [-0.15, -0.1) is 0 Å². The van der Waals surface area contributed by atoms with Gasteiger partial charge in [0.2, 0.25) is 11.7 Å². The van der Waals surface area contributed by atoms with E-state index in [4.69, 9.17) is 19.5 Å². The fraction of sp³-hybridized carbons (Fsp3) is 0.364. The second-order valence-electron chi connectivity index (χ2n) is 6.33. The first kappa shape index (κ1) is 21.1. The van der Waals surface area contributed by atoms with E-state index in [0.29, 0.717) is 35.9 Å². The minimum atomic E-state index is 0.0143. The van der Waals surface area contributed by atoms with E-state index in [2.05, 4.69) is 6.07 Å². The zero-order valence-corrected chi connectivity index (χ0v) is 16.8. The highest BCUT2D eigenvalue weighted by molar-refractivity contribution is 5.79. The second-order valence-corrected chi connectivity index (χ2v) is 6.33. The number of carbonyl (C=O) groups is 1. The average molecular weight is 382 g/mol. The van der Waals surface area contributed by atoms with Crippen molar-refractivity contribution in [2.24, 2.45) is 0 Å².